The fourth-order valence-electron chi connectivity index (χ4n) is 1.87. The van der Waals surface area contributed by atoms with Crippen molar-refractivity contribution in [3.63, 3.8) is 0 Å². The van der Waals surface area contributed by atoms with Crippen LogP contribution in [0.2, 0.25) is 0 Å². The van der Waals surface area contributed by atoms with E-state index in [0.717, 1.165) is 0 Å². The van der Waals surface area contributed by atoms with Crippen molar-refractivity contribution < 1.29 is 27.5 Å². The number of carbonyl (C=O) groups excluding carboxylic acids is 2. The third-order valence-corrected chi connectivity index (χ3v) is 2.89. The standard InChI is InChI=1S/C10H13F3O3/c1-7(14)9(5-6-16-8(9)15)3-2-4-10(11,12)13/h2-6H2,1H3. The van der Waals surface area contributed by atoms with Crippen LogP contribution in [-0.2, 0) is 14.3 Å². The van der Waals surface area contributed by atoms with E-state index in [9.17, 15) is 22.8 Å². The minimum atomic E-state index is -4.25. The Hall–Kier alpha value is -1.07. The summed E-state index contributed by atoms with van der Waals surface area (Å²) in [6.45, 7) is 1.34. The van der Waals surface area contributed by atoms with Crippen LogP contribution in [0.3, 0.4) is 0 Å². The molecule has 0 aromatic heterocycles. The van der Waals surface area contributed by atoms with Crippen LogP contribution in [0.25, 0.3) is 0 Å². The molecule has 1 atom stereocenters. The molecule has 1 aliphatic rings. The van der Waals surface area contributed by atoms with E-state index in [-0.39, 0.29) is 25.9 Å². The number of alkyl halides is 3. The Morgan fingerprint density at radius 1 is 1.50 bits per heavy atom. The molecule has 0 amide bonds. The van der Waals surface area contributed by atoms with E-state index in [2.05, 4.69) is 4.74 Å². The zero-order valence-electron chi connectivity index (χ0n) is 8.89. The molecule has 1 aliphatic heterocycles. The number of rotatable bonds is 4. The second-order valence-corrected chi connectivity index (χ2v) is 3.99. The van der Waals surface area contributed by atoms with Crippen molar-refractivity contribution in [2.24, 2.45) is 5.41 Å². The van der Waals surface area contributed by atoms with E-state index < -0.39 is 29.8 Å². The Labute approximate surface area is 91.0 Å². The molecule has 16 heavy (non-hydrogen) atoms. The maximum absolute atomic E-state index is 12.0. The molecule has 1 rings (SSSR count). The van der Waals surface area contributed by atoms with Crippen LogP contribution < -0.4 is 0 Å². The molecule has 92 valence electrons. The van der Waals surface area contributed by atoms with Gasteiger partial charge in [0.15, 0.2) is 0 Å². The molecular weight excluding hydrogens is 225 g/mol. The maximum atomic E-state index is 12.0. The fourth-order valence-corrected chi connectivity index (χ4v) is 1.87. The zero-order valence-corrected chi connectivity index (χ0v) is 8.89. The molecular formula is C10H13F3O3. The lowest BCUT2D eigenvalue weighted by Gasteiger charge is -2.21. The largest absolute Gasteiger partial charge is 0.465 e. The first-order chi connectivity index (χ1) is 7.28. The molecule has 0 aromatic rings. The highest BCUT2D eigenvalue weighted by atomic mass is 19.4. The lowest BCUT2D eigenvalue weighted by Crippen LogP contribution is -2.34. The highest BCUT2D eigenvalue weighted by Gasteiger charge is 2.48. The van der Waals surface area contributed by atoms with Gasteiger partial charge in [-0.05, 0) is 19.8 Å². The number of ether oxygens (including phenoxy) is 1. The third kappa shape index (κ3) is 2.74. The van der Waals surface area contributed by atoms with Gasteiger partial charge in [-0.1, -0.05) is 0 Å². The molecule has 3 nitrogen and oxygen atoms in total. The summed E-state index contributed by atoms with van der Waals surface area (Å²) >= 11 is 0. The van der Waals surface area contributed by atoms with Gasteiger partial charge in [0.25, 0.3) is 0 Å². The van der Waals surface area contributed by atoms with Crippen LogP contribution >= 0.6 is 0 Å². The van der Waals surface area contributed by atoms with Gasteiger partial charge >= 0.3 is 12.1 Å². The smallest absolute Gasteiger partial charge is 0.389 e. The minimum Gasteiger partial charge on any atom is -0.465 e. The zero-order chi connectivity index (χ0) is 12.4. The van der Waals surface area contributed by atoms with Crippen LogP contribution in [-0.4, -0.2) is 24.5 Å². The van der Waals surface area contributed by atoms with Gasteiger partial charge < -0.3 is 4.74 Å². The minimum absolute atomic E-state index is 0.0827. The van der Waals surface area contributed by atoms with Crippen LogP contribution in [0.1, 0.15) is 32.6 Å². The van der Waals surface area contributed by atoms with Crippen LogP contribution in [0.4, 0.5) is 13.2 Å². The van der Waals surface area contributed by atoms with Crippen molar-refractivity contribution in [1.29, 1.82) is 0 Å². The summed E-state index contributed by atoms with van der Waals surface area (Å²) in [5, 5.41) is 0. The summed E-state index contributed by atoms with van der Waals surface area (Å²) in [5.74, 6) is -1.08. The number of halogens is 3. The second-order valence-electron chi connectivity index (χ2n) is 3.99. The molecule has 0 bridgehead atoms. The van der Waals surface area contributed by atoms with Gasteiger partial charge in [-0.15, -0.1) is 0 Å². The number of esters is 1. The van der Waals surface area contributed by atoms with Gasteiger partial charge in [-0.25, -0.2) is 0 Å². The van der Waals surface area contributed by atoms with Gasteiger partial charge in [0.05, 0.1) is 6.61 Å². The molecule has 6 heteroatoms. The Morgan fingerprint density at radius 2 is 2.12 bits per heavy atom. The second kappa shape index (κ2) is 4.43. The normalized spacial score (nSPS) is 25.6. The van der Waals surface area contributed by atoms with Gasteiger partial charge in [0, 0.05) is 12.8 Å². The van der Waals surface area contributed by atoms with Gasteiger partial charge in [-0.2, -0.15) is 13.2 Å². The molecule has 0 saturated carbocycles. The predicted molar refractivity (Wildman–Crippen MR) is 48.6 cm³/mol. The highest BCUT2D eigenvalue weighted by Crippen LogP contribution is 2.37. The summed E-state index contributed by atoms with van der Waals surface area (Å²) in [4.78, 5) is 22.7. The van der Waals surface area contributed by atoms with Crippen molar-refractivity contribution >= 4 is 11.8 Å². The van der Waals surface area contributed by atoms with E-state index in [0.29, 0.717) is 0 Å². The van der Waals surface area contributed by atoms with Crippen molar-refractivity contribution in [2.75, 3.05) is 6.61 Å². The van der Waals surface area contributed by atoms with Gasteiger partial charge in [0.2, 0.25) is 0 Å². The monoisotopic (exact) mass is 238 g/mol. The SMILES string of the molecule is CC(=O)C1(CCCC(F)(F)F)CCOC1=O. The lowest BCUT2D eigenvalue weighted by atomic mass is 9.78. The average molecular weight is 238 g/mol. The lowest BCUT2D eigenvalue weighted by molar-refractivity contribution is -0.154. The molecule has 0 N–H and O–H groups in total. The van der Waals surface area contributed by atoms with Gasteiger partial charge in [-0.3, -0.25) is 9.59 Å². The first-order valence-electron chi connectivity index (χ1n) is 5.03. The molecule has 0 radical (unpaired) electrons. The number of Topliss-reactive ketones (excluding diaryl/α,β-unsaturated/α-hetero) is 1. The quantitative estimate of drug-likeness (QED) is 0.557. The van der Waals surface area contributed by atoms with E-state index in [1.807, 2.05) is 0 Å². The molecule has 0 aliphatic carbocycles. The molecule has 1 fully saturated rings. The summed E-state index contributed by atoms with van der Waals surface area (Å²) in [7, 11) is 0. The van der Waals surface area contributed by atoms with Crippen molar-refractivity contribution in [3.05, 3.63) is 0 Å². The number of cyclic esters (lactones) is 1. The molecule has 1 unspecified atom stereocenters. The van der Waals surface area contributed by atoms with Crippen LogP contribution in [0.15, 0.2) is 0 Å². The Morgan fingerprint density at radius 3 is 2.50 bits per heavy atom. The summed E-state index contributed by atoms with van der Waals surface area (Å²) < 4.78 is 40.5. The van der Waals surface area contributed by atoms with Crippen LogP contribution in [0, 0.1) is 5.41 Å². The topological polar surface area (TPSA) is 43.4 Å². The number of hydrogen-bond acceptors (Lipinski definition) is 3. The maximum Gasteiger partial charge on any atom is 0.389 e. The van der Waals surface area contributed by atoms with Gasteiger partial charge in [0.1, 0.15) is 11.2 Å². The number of ketones is 1. The number of hydrogen-bond donors (Lipinski definition) is 0. The first kappa shape index (κ1) is 13.0. The first-order valence-corrected chi connectivity index (χ1v) is 5.03. The Balaban J connectivity index is 2.60. The molecule has 0 spiro atoms. The summed E-state index contributed by atoms with van der Waals surface area (Å²) in [6.07, 6.45) is -5.34. The Bertz CT molecular complexity index is 298. The molecule has 1 saturated heterocycles. The summed E-state index contributed by atoms with van der Waals surface area (Å²) in [6, 6.07) is 0. The van der Waals surface area contributed by atoms with E-state index in [1.54, 1.807) is 0 Å². The van der Waals surface area contributed by atoms with Crippen molar-refractivity contribution in [1.82, 2.24) is 0 Å². The number of carbonyl (C=O) groups is 2. The average Bonchev–Trinajstić information content (AvgIpc) is 2.46. The third-order valence-electron chi connectivity index (χ3n) is 2.89. The molecule has 0 aromatic carbocycles. The fraction of sp³-hybridized carbons (Fsp3) is 0.800. The highest BCUT2D eigenvalue weighted by molar-refractivity contribution is 6.03. The van der Waals surface area contributed by atoms with E-state index >= 15 is 0 Å². The van der Waals surface area contributed by atoms with E-state index in [4.69, 9.17) is 0 Å². The van der Waals surface area contributed by atoms with E-state index in [1.165, 1.54) is 6.92 Å². The summed E-state index contributed by atoms with van der Waals surface area (Å²) in [5.41, 5.74) is -1.33. The molecule has 1 heterocycles. The Kier molecular flexibility index (Phi) is 3.60. The van der Waals surface area contributed by atoms with Crippen molar-refractivity contribution in [3.8, 4) is 0 Å². The van der Waals surface area contributed by atoms with Crippen LogP contribution in [0.5, 0.6) is 0 Å². The van der Waals surface area contributed by atoms with Crippen molar-refractivity contribution in [2.45, 2.75) is 38.8 Å². The predicted octanol–water partition coefficient (Wildman–Crippen LogP) is 2.24.